The van der Waals surface area contributed by atoms with Crippen LogP contribution in [0.4, 0.5) is 23.3 Å². The first-order valence-electron chi connectivity index (χ1n) is 41.6. The lowest BCUT2D eigenvalue weighted by Crippen LogP contribution is -2.52. The molecule has 6 aliphatic heterocycles. The lowest BCUT2D eigenvalue weighted by atomic mass is 10.2. The zero-order valence-corrected chi connectivity index (χ0v) is 81.2. The van der Waals surface area contributed by atoms with Crippen LogP contribution in [0.3, 0.4) is 0 Å². The molecule has 7 aromatic rings. The van der Waals surface area contributed by atoms with Crippen molar-refractivity contribution in [1.29, 1.82) is 0 Å². The van der Waals surface area contributed by atoms with E-state index in [1.165, 1.54) is 206 Å². The average molecular weight is 1980 g/mol. The predicted octanol–water partition coefficient (Wildman–Crippen LogP) is -0.698. The maximum Gasteiger partial charge on any atom is 0.351 e. The molecule has 0 spiro atoms. The fraction of sp³-hybridized carbons (Fsp3) is 0.648. The van der Waals surface area contributed by atoms with Crippen molar-refractivity contribution in [3.63, 3.8) is 0 Å². The molecule has 730 valence electrons. The lowest BCUT2D eigenvalue weighted by molar-refractivity contribution is -0.135. The quantitative estimate of drug-likeness (QED) is 0.0268. The molecule has 7 aromatic heterocycles. The van der Waals surface area contributed by atoms with E-state index in [0.717, 1.165) is 18.3 Å². The van der Waals surface area contributed by atoms with Gasteiger partial charge in [-0.1, -0.05) is 0 Å². The topological polar surface area (TPSA) is 614 Å². The molecule has 0 aromatic carbocycles. The smallest absolute Gasteiger partial charge is 0.351 e. The number of nitrogen functional groups attached to an aromatic ring is 4. The fourth-order valence-electron chi connectivity index (χ4n) is 15.6. The highest BCUT2D eigenvalue weighted by molar-refractivity contribution is 7.56. The summed E-state index contributed by atoms with van der Waals surface area (Å²) in [6.45, 7) is -0.770. The third-order valence-electron chi connectivity index (χ3n) is 22.8. The van der Waals surface area contributed by atoms with E-state index < -0.39 is 192 Å². The molecule has 13 rings (SSSR count). The third kappa shape index (κ3) is 22.2. The summed E-state index contributed by atoms with van der Waals surface area (Å²) in [7, 11) is -5.50. The van der Waals surface area contributed by atoms with E-state index >= 15 is 22.8 Å². The van der Waals surface area contributed by atoms with E-state index in [1.54, 1.807) is 28.1 Å². The van der Waals surface area contributed by atoms with Gasteiger partial charge < -0.3 is 78.5 Å². The predicted molar refractivity (Wildman–Crippen MR) is 479 cm³/mol. The number of morpholine rings is 6. The van der Waals surface area contributed by atoms with Crippen LogP contribution >= 0.6 is 45.9 Å². The number of hydrogen-bond acceptors (Lipinski definition) is 36. The number of nitrogens with one attached hydrogen (secondary N) is 2. The molecule has 6 aliphatic rings. The highest BCUT2D eigenvalue weighted by atomic mass is 31.2. The minimum Gasteiger partial charge on any atom is -0.383 e. The zero-order chi connectivity index (χ0) is 95.9. The maximum absolute atomic E-state index is 16.5. The Labute approximate surface area is 756 Å². The van der Waals surface area contributed by atoms with Crippen molar-refractivity contribution in [2.45, 2.75) is 87.8 Å². The third-order valence-corrected chi connectivity index (χ3v) is 37.5. The first kappa shape index (κ1) is 102. The Bertz CT molecular complexity index is 6080. The summed E-state index contributed by atoms with van der Waals surface area (Å²) in [5, 5.41) is 0. The number of imidazole rings is 1. The molecule has 61 heteroatoms. The van der Waals surface area contributed by atoms with Crippen molar-refractivity contribution in [3.8, 4) is 0 Å². The SMILES string of the molecule is Cc1cn([C@H]2CN(C)C[C@@H](COP(=O)(N(C)C)N3C[C@@H](COP(=O)(N(C)C)N4C[C@@H](COP(=O)(N(C)C)N5C[C@@H](COP(=O)(N(C)C)N6C[C@@H](COP(=O)(N(C)C)N7C[C@@H](COP(C)(=O)N(C)C)O[C@@H](n8ccc(N)nc8=O)C7)O[C@@H](n7cnc8c(N)ncnc87)C6)O[C@@H](n6cc(C)c(=O)[nH]c6=O)C5)O[C@@H](n5ccc(N)nc5=O)C4)O[C@@H](n4ccc(N)nc4=O)C3)O2)c(=O)[nH]c1=O. The minimum absolute atomic E-state index is 0.0327. The van der Waals surface area contributed by atoms with Gasteiger partial charge in [-0.25, -0.2) is 90.3 Å². The van der Waals surface area contributed by atoms with E-state index in [1.807, 2.05) is 4.90 Å². The van der Waals surface area contributed by atoms with Crippen LogP contribution in [0.1, 0.15) is 48.5 Å². The zero-order valence-electron chi connectivity index (χ0n) is 75.9. The van der Waals surface area contributed by atoms with Crippen molar-refractivity contribution in [3.05, 3.63) is 146 Å². The van der Waals surface area contributed by atoms with Gasteiger partial charge in [0.1, 0.15) is 35.5 Å². The van der Waals surface area contributed by atoms with Crippen LogP contribution < -0.4 is 62.5 Å². The van der Waals surface area contributed by atoms with Crippen LogP contribution in [0.15, 0.2) is 95.4 Å². The number of aryl methyl sites for hydroxylation is 2. The molecule has 10 N–H and O–H groups in total. The van der Waals surface area contributed by atoms with Gasteiger partial charge in [0.2, 0.25) is 0 Å². The van der Waals surface area contributed by atoms with Gasteiger partial charge in [0.25, 0.3) is 18.6 Å². The molecule has 13 heterocycles. The van der Waals surface area contributed by atoms with Gasteiger partial charge in [0.05, 0.1) is 115 Å². The Morgan fingerprint density at radius 1 is 0.379 bits per heavy atom. The molecule has 6 fully saturated rings. The number of hydrogen-bond donors (Lipinski definition) is 6. The van der Waals surface area contributed by atoms with Crippen molar-refractivity contribution < 1.29 is 83.0 Å². The van der Waals surface area contributed by atoms with Gasteiger partial charge in [-0.05, 0) is 124 Å². The van der Waals surface area contributed by atoms with E-state index in [-0.39, 0.29) is 131 Å². The molecule has 0 amide bonds. The molecule has 6 saturated heterocycles. The molecular formula is C71H116N30O25P6. The Morgan fingerprint density at radius 2 is 0.659 bits per heavy atom. The average Bonchev–Trinajstić information content (AvgIpc) is 1.11. The summed E-state index contributed by atoms with van der Waals surface area (Å²) >= 11 is 0. The summed E-state index contributed by atoms with van der Waals surface area (Å²) in [6.07, 6.45) is -4.68. The largest absolute Gasteiger partial charge is 0.383 e. The summed E-state index contributed by atoms with van der Waals surface area (Å²) in [5.74, 6) is -0.269. The Balaban J connectivity index is 0.768. The van der Waals surface area contributed by atoms with E-state index in [9.17, 15) is 38.1 Å². The fourth-order valence-corrected chi connectivity index (χ4v) is 26.2. The van der Waals surface area contributed by atoms with Crippen LogP contribution in [-0.4, -0.2) is 377 Å². The summed E-state index contributed by atoms with van der Waals surface area (Å²) in [4.78, 5) is 125. The number of nitrogens with two attached hydrogens (primary N) is 4. The first-order chi connectivity index (χ1) is 62.1. The van der Waals surface area contributed by atoms with Gasteiger partial charge in [0, 0.05) is 94.6 Å². The monoisotopic (exact) mass is 1970 g/mol. The number of nitrogens with zero attached hydrogens (tertiary/aromatic N) is 24. The second-order valence-electron chi connectivity index (χ2n) is 33.6. The number of ether oxygens (including phenoxy) is 6. The lowest BCUT2D eigenvalue weighted by Gasteiger charge is -2.46. The van der Waals surface area contributed by atoms with E-state index in [4.69, 9.17) is 78.5 Å². The molecule has 0 saturated carbocycles. The highest BCUT2D eigenvalue weighted by Gasteiger charge is 2.52. The van der Waals surface area contributed by atoms with E-state index in [0.29, 0.717) is 0 Å². The first-order valence-corrected chi connectivity index (χ1v) is 51.3. The van der Waals surface area contributed by atoms with Gasteiger partial charge in [0.15, 0.2) is 42.6 Å². The molecule has 55 nitrogen and oxygen atoms in total. The number of H-pyrrole nitrogens is 2. The molecule has 132 heavy (non-hydrogen) atoms. The summed E-state index contributed by atoms with van der Waals surface area (Å²) < 4.78 is 195. The number of anilines is 4. The maximum atomic E-state index is 16.5. The Kier molecular flexibility index (Phi) is 31.7. The number of fused-ring (bicyclic) bond motifs is 1. The molecule has 0 bridgehead atoms. The summed E-state index contributed by atoms with van der Waals surface area (Å²) in [6, 6.07) is 4.09. The van der Waals surface area contributed by atoms with Crippen molar-refractivity contribution in [2.24, 2.45) is 0 Å². The Hall–Kier alpha value is -7.83. The molecular weight excluding hydrogens is 1860 g/mol. The van der Waals surface area contributed by atoms with Gasteiger partial charge in [-0.3, -0.25) is 79.2 Å². The van der Waals surface area contributed by atoms with Crippen LogP contribution in [0, 0.1) is 13.8 Å². The van der Waals surface area contributed by atoms with Crippen molar-refractivity contribution in [2.75, 3.05) is 239 Å². The van der Waals surface area contributed by atoms with Crippen LogP contribution in [0.25, 0.3) is 11.2 Å². The molecule has 18 atom stereocenters. The van der Waals surface area contributed by atoms with E-state index in [2.05, 4.69) is 39.9 Å². The van der Waals surface area contributed by atoms with Gasteiger partial charge in [-0.2, -0.15) is 15.0 Å². The van der Waals surface area contributed by atoms with Crippen LogP contribution in [-0.2, 0) is 83.0 Å². The second kappa shape index (κ2) is 41.2. The highest BCUT2D eigenvalue weighted by Crippen LogP contribution is 2.61. The molecule has 6 unspecified atom stereocenters. The normalized spacial score (nSPS) is 26.8. The van der Waals surface area contributed by atoms with Crippen molar-refractivity contribution >= 4 is 80.3 Å². The minimum atomic E-state index is -4.56. The molecule has 0 radical (unpaired) electrons. The van der Waals surface area contributed by atoms with Gasteiger partial charge in [-0.15, -0.1) is 0 Å². The number of aromatic amines is 2. The van der Waals surface area contributed by atoms with Gasteiger partial charge >= 0.3 is 66.8 Å². The number of aromatic nitrogens is 14. The van der Waals surface area contributed by atoms with Crippen LogP contribution in [0.2, 0.25) is 0 Å². The van der Waals surface area contributed by atoms with Crippen molar-refractivity contribution in [1.82, 2.24) is 124 Å². The Morgan fingerprint density at radius 3 is 0.955 bits per heavy atom. The molecule has 0 aliphatic carbocycles. The van der Waals surface area contributed by atoms with Crippen LogP contribution in [0.5, 0.6) is 0 Å². The second-order valence-corrected chi connectivity index (χ2v) is 49.3. The standard InChI is InChI=1S/C71H116N30O25P6/c1-45-23-99(70(107)82-65(45)102)56-31-90(15)25-47(121-56)38-116-128(110,85(5)6)92-27-49(123-58(33-92)97-21-18-54(73)80-68(97)105)39-117-130(112,87(9)10)93-28-50(124-59(34-93)98-22-19-55(74)81-69(98)106)40-118-131(113,88(11)12)94-29-51(125-60(35-94)100-24-46(2)66(103)83-71(100)108)41-119-132(114,89(13)14)95-30-52(126-61(36-95)101-44-78-62-63(75)76-43-77-64(62)101)42-120-129(111,86(7)8)91-26-48(37-115-127(16,109)84(3)4)122-57(32-91)96-20-17-53(72)79-67(96)104/h17-24,43-44,47-52,56-61H,25-42H2,1-16H3,(H2,72,79,104)(H2,73,80,105)(H2,74,81,106)(H2,75,76,77)(H,82,102,107)(H,83,103,108)/t47-,48-,49-,50-,51-,52-,56+,57+,58+,59+,60+,61+,127?,128?,129?,130?,131?,132?/m0/s1. The number of likely N-dealkylation sites (N-methyl/N-ethyl adjacent to an activating group) is 1. The summed E-state index contributed by atoms with van der Waals surface area (Å²) in [5.41, 5.74) is 19.5. The number of rotatable bonds is 35.